The molecular formula is C19H25NO. The molecule has 0 aliphatic heterocycles. The van der Waals surface area contributed by atoms with E-state index in [1.54, 1.807) is 0 Å². The average molecular weight is 283 g/mol. The predicted molar refractivity (Wildman–Crippen MR) is 90.1 cm³/mol. The highest BCUT2D eigenvalue weighted by Gasteiger charge is 2.01. The molecule has 0 aromatic heterocycles. The van der Waals surface area contributed by atoms with Crippen LogP contribution in [-0.2, 0) is 0 Å². The molecule has 2 N–H and O–H groups in total. The van der Waals surface area contributed by atoms with Gasteiger partial charge in [-0.05, 0) is 35.8 Å². The fourth-order valence-electron chi connectivity index (χ4n) is 2.34. The van der Waals surface area contributed by atoms with Crippen LogP contribution in [0.3, 0.4) is 0 Å². The van der Waals surface area contributed by atoms with Crippen molar-refractivity contribution in [3.63, 3.8) is 0 Å². The van der Waals surface area contributed by atoms with Gasteiger partial charge in [0.05, 0.1) is 6.61 Å². The van der Waals surface area contributed by atoms with Gasteiger partial charge in [-0.2, -0.15) is 0 Å². The first-order chi connectivity index (χ1) is 10.3. The first-order valence-electron chi connectivity index (χ1n) is 7.84. The van der Waals surface area contributed by atoms with E-state index in [9.17, 15) is 0 Å². The van der Waals surface area contributed by atoms with Gasteiger partial charge in [-0.1, -0.05) is 56.5 Å². The SMILES string of the molecule is CCCCCCOc1ccc(C=C2C=CC=C(N)C2)cc1. The molecule has 2 nitrogen and oxygen atoms in total. The van der Waals surface area contributed by atoms with Gasteiger partial charge in [0.25, 0.3) is 0 Å². The van der Waals surface area contributed by atoms with Crippen LogP contribution in [0.4, 0.5) is 0 Å². The van der Waals surface area contributed by atoms with Crippen molar-refractivity contribution in [2.45, 2.75) is 39.0 Å². The Bertz CT molecular complexity index is 523. The fraction of sp³-hybridized carbons (Fsp3) is 0.368. The Labute approximate surface area is 128 Å². The molecular weight excluding hydrogens is 258 g/mol. The Morgan fingerprint density at radius 1 is 1.14 bits per heavy atom. The lowest BCUT2D eigenvalue weighted by atomic mass is 10.0. The zero-order valence-corrected chi connectivity index (χ0v) is 12.8. The van der Waals surface area contributed by atoms with Crippen LogP contribution >= 0.6 is 0 Å². The largest absolute Gasteiger partial charge is 0.494 e. The number of hydrogen-bond donors (Lipinski definition) is 1. The zero-order valence-electron chi connectivity index (χ0n) is 12.8. The van der Waals surface area contributed by atoms with E-state index >= 15 is 0 Å². The molecule has 0 radical (unpaired) electrons. The van der Waals surface area contributed by atoms with Gasteiger partial charge in [-0.25, -0.2) is 0 Å². The summed E-state index contributed by atoms with van der Waals surface area (Å²) >= 11 is 0. The van der Waals surface area contributed by atoms with Crippen LogP contribution in [0.5, 0.6) is 5.75 Å². The predicted octanol–water partition coefficient (Wildman–Crippen LogP) is 4.83. The smallest absolute Gasteiger partial charge is 0.119 e. The van der Waals surface area contributed by atoms with Crippen LogP contribution in [0.25, 0.3) is 6.08 Å². The lowest BCUT2D eigenvalue weighted by Gasteiger charge is -2.08. The third-order valence-corrected chi connectivity index (χ3v) is 3.53. The molecule has 0 saturated heterocycles. The van der Waals surface area contributed by atoms with Crippen LogP contribution in [0.2, 0.25) is 0 Å². The molecule has 0 heterocycles. The van der Waals surface area contributed by atoms with E-state index in [2.05, 4.69) is 31.2 Å². The van der Waals surface area contributed by atoms with Gasteiger partial charge < -0.3 is 10.5 Å². The molecule has 21 heavy (non-hydrogen) atoms. The molecule has 1 aromatic rings. The highest BCUT2D eigenvalue weighted by atomic mass is 16.5. The maximum Gasteiger partial charge on any atom is 0.119 e. The minimum Gasteiger partial charge on any atom is -0.494 e. The van der Waals surface area contributed by atoms with Gasteiger partial charge in [0.2, 0.25) is 0 Å². The van der Waals surface area contributed by atoms with E-state index in [1.807, 2.05) is 24.3 Å². The molecule has 1 aliphatic rings. The van der Waals surface area contributed by atoms with Gasteiger partial charge in [-0.15, -0.1) is 0 Å². The third-order valence-electron chi connectivity index (χ3n) is 3.53. The molecule has 0 bridgehead atoms. The molecule has 0 saturated carbocycles. The summed E-state index contributed by atoms with van der Waals surface area (Å²) in [6.45, 7) is 3.03. The molecule has 0 fully saturated rings. The summed E-state index contributed by atoms with van der Waals surface area (Å²) in [5.41, 5.74) is 9.18. The van der Waals surface area contributed by atoms with Crippen LogP contribution in [0, 0.1) is 0 Å². The van der Waals surface area contributed by atoms with Crippen molar-refractivity contribution < 1.29 is 4.74 Å². The summed E-state index contributed by atoms with van der Waals surface area (Å²) in [5, 5.41) is 0. The summed E-state index contributed by atoms with van der Waals surface area (Å²) in [6, 6.07) is 8.27. The van der Waals surface area contributed by atoms with Crippen molar-refractivity contribution >= 4 is 6.08 Å². The fourth-order valence-corrected chi connectivity index (χ4v) is 2.34. The monoisotopic (exact) mass is 283 g/mol. The van der Waals surface area contributed by atoms with E-state index in [-0.39, 0.29) is 0 Å². The highest BCUT2D eigenvalue weighted by Crippen LogP contribution is 2.20. The minimum atomic E-state index is 0.810. The second-order valence-electron chi connectivity index (χ2n) is 5.47. The summed E-state index contributed by atoms with van der Waals surface area (Å²) < 4.78 is 5.75. The van der Waals surface area contributed by atoms with Crippen LogP contribution < -0.4 is 10.5 Å². The van der Waals surface area contributed by atoms with Crippen LogP contribution in [0.1, 0.15) is 44.6 Å². The Kier molecular flexibility index (Phi) is 6.14. The lowest BCUT2D eigenvalue weighted by Crippen LogP contribution is -2.00. The van der Waals surface area contributed by atoms with Crippen molar-refractivity contribution in [3.05, 3.63) is 59.3 Å². The molecule has 2 heteroatoms. The van der Waals surface area contributed by atoms with E-state index in [4.69, 9.17) is 10.5 Å². The Morgan fingerprint density at radius 2 is 1.95 bits per heavy atom. The highest BCUT2D eigenvalue weighted by molar-refractivity contribution is 5.58. The van der Waals surface area contributed by atoms with E-state index < -0.39 is 0 Å². The average Bonchev–Trinajstić information content (AvgIpc) is 2.49. The number of ether oxygens (including phenoxy) is 1. The van der Waals surface area contributed by atoms with E-state index in [1.165, 1.54) is 30.4 Å². The Balaban J connectivity index is 1.83. The van der Waals surface area contributed by atoms with Gasteiger partial charge in [-0.3, -0.25) is 0 Å². The Hall–Kier alpha value is -1.96. The molecule has 1 aromatic carbocycles. The number of rotatable bonds is 7. The Morgan fingerprint density at radius 3 is 2.67 bits per heavy atom. The van der Waals surface area contributed by atoms with Gasteiger partial charge in [0.15, 0.2) is 0 Å². The normalized spacial score (nSPS) is 16.0. The number of benzene rings is 1. The summed E-state index contributed by atoms with van der Waals surface area (Å²) in [7, 11) is 0. The van der Waals surface area contributed by atoms with Crippen molar-refractivity contribution in [1.29, 1.82) is 0 Å². The molecule has 112 valence electrons. The van der Waals surface area contributed by atoms with Crippen molar-refractivity contribution in [3.8, 4) is 5.75 Å². The van der Waals surface area contributed by atoms with Crippen LogP contribution in [-0.4, -0.2) is 6.61 Å². The van der Waals surface area contributed by atoms with Crippen molar-refractivity contribution in [1.82, 2.24) is 0 Å². The summed E-state index contributed by atoms with van der Waals surface area (Å²) in [5.74, 6) is 0.951. The van der Waals surface area contributed by atoms with Gasteiger partial charge in [0, 0.05) is 12.1 Å². The standard InChI is InChI=1S/C19H25NO/c1-2-3-4-5-13-21-19-11-9-16(10-12-19)14-17-7-6-8-18(20)15-17/h6-12,14H,2-5,13,15,20H2,1H3. The molecule has 0 atom stereocenters. The first-order valence-corrected chi connectivity index (χ1v) is 7.84. The third kappa shape index (κ3) is 5.50. The topological polar surface area (TPSA) is 35.2 Å². The van der Waals surface area contributed by atoms with E-state index in [0.29, 0.717) is 0 Å². The lowest BCUT2D eigenvalue weighted by molar-refractivity contribution is 0.305. The van der Waals surface area contributed by atoms with E-state index in [0.717, 1.165) is 30.9 Å². The maximum atomic E-state index is 5.84. The molecule has 0 unspecified atom stereocenters. The van der Waals surface area contributed by atoms with Crippen LogP contribution in [0.15, 0.2) is 53.8 Å². The maximum absolute atomic E-state index is 5.84. The number of hydrogen-bond acceptors (Lipinski definition) is 2. The van der Waals surface area contributed by atoms with Gasteiger partial charge in [0.1, 0.15) is 5.75 Å². The second kappa shape index (κ2) is 8.35. The molecule has 0 amide bonds. The zero-order chi connectivity index (χ0) is 14.9. The summed E-state index contributed by atoms with van der Waals surface area (Å²) in [6.07, 6.45) is 14.0. The van der Waals surface area contributed by atoms with Crippen molar-refractivity contribution in [2.75, 3.05) is 6.61 Å². The quantitative estimate of drug-likeness (QED) is 0.727. The number of allylic oxidation sites excluding steroid dienone is 4. The van der Waals surface area contributed by atoms with Crippen molar-refractivity contribution in [2.24, 2.45) is 5.73 Å². The molecule has 2 rings (SSSR count). The second-order valence-corrected chi connectivity index (χ2v) is 5.47. The molecule has 0 spiro atoms. The number of nitrogens with two attached hydrogens (primary N) is 1. The summed E-state index contributed by atoms with van der Waals surface area (Å²) in [4.78, 5) is 0. The minimum absolute atomic E-state index is 0.810. The molecule has 1 aliphatic carbocycles. The van der Waals surface area contributed by atoms with Gasteiger partial charge >= 0.3 is 0 Å². The first kappa shape index (κ1) is 15.4. The number of unbranched alkanes of at least 4 members (excludes halogenated alkanes) is 3.